The predicted molar refractivity (Wildman–Crippen MR) is 88.6 cm³/mol. The molecule has 24 heavy (non-hydrogen) atoms. The SMILES string of the molecule is N#C/N=c1/scc(-c2ccccc2O)n1-c1ccc([N+](=O)[O-])cc1. The molecule has 1 heterocycles. The standard InChI is InChI=1S/C16H10N4O3S/c17-10-18-16-19(11-5-7-12(8-6-11)20(22)23)14(9-24-16)13-3-1-2-4-15(13)21/h1-9,21H/b18-16+. The van der Waals surface area contributed by atoms with Crippen molar-refractivity contribution in [2.75, 3.05) is 0 Å². The van der Waals surface area contributed by atoms with E-state index in [0.717, 1.165) is 0 Å². The first-order valence-electron chi connectivity index (χ1n) is 6.78. The normalized spacial score (nSPS) is 11.2. The molecule has 0 saturated heterocycles. The molecule has 0 radical (unpaired) electrons. The summed E-state index contributed by atoms with van der Waals surface area (Å²) >= 11 is 1.24. The zero-order chi connectivity index (χ0) is 17.1. The number of phenolic OH excluding ortho intramolecular Hbond substituents is 1. The molecule has 0 amide bonds. The molecule has 0 aliphatic heterocycles. The maximum atomic E-state index is 10.8. The summed E-state index contributed by atoms with van der Waals surface area (Å²) in [5, 5.41) is 31.6. The van der Waals surface area contributed by atoms with Gasteiger partial charge in [-0.15, -0.1) is 16.3 Å². The lowest BCUT2D eigenvalue weighted by atomic mass is 10.1. The van der Waals surface area contributed by atoms with Crippen molar-refractivity contribution >= 4 is 17.0 Å². The summed E-state index contributed by atoms with van der Waals surface area (Å²) in [6, 6.07) is 12.7. The van der Waals surface area contributed by atoms with Crippen LogP contribution >= 0.6 is 11.3 Å². The van der Waals surface area contributed by atoms with Crippen LogP contribution in [0.25, 0.3) is 16.9 Å². The van der Waals surface area contributed by atoms with E-state index >= 15 is 0 Å². The number of benzene rings is 2. The van der Waals surface area contributed by atoms with Gasteiger partial charge in [-0.25, -0.2) is 0 Å². The Bertz CT molecular complexity index is 1010. The summed E-state index contributed by atoms with van der Waals surface area (Å²) in [6.07, 6.45) is 1.75. The summed E-state index contributed by atoms with van der Waals surface area (Å²) < 4.78 is 1.67. The second-order valence-electron chi connectivity index (χ2n) is 4.74. The highest BCUT2D eigenvalue weighted by Crippen LogP contribution is 2.31. The third-order valence-electron chi connectivity index (χ3n) is 3.35. The molecule has 118 valence electrons. The molecule has 8 heteroatoms. The van der Waals surface area contributed by atoms with Crippen LogP contribution < -0.4 is 4.80 Å². The molecule has 0 saturated carbocycles. The van der Waals surface area contributed by atoms with Gasteiger partial charge in [0.05, 0.1) is 10.6 Å². The molecular weight excluding hydrogens is 328 g/mol. The van der Waals surface area contributed by atoms with Gasteiger partial charge in [-0.2, -0.15) is 5.26 Å². The third-order valence-corrected chi connectivity index (χ3v) is 4.18. The molecule has 3 rings (SSSR count). The average molecular weight is 338 g/mol. The topological polar surface area (TPSA) is 104 Å². The fourth-order valence-electron chi connectivity index (χ4n) is 2.28. The van der Waals surface area contributed by atoms with Crippen molar-refractivity contribution in [2.24, 2.45) is 4.99 Å². The highest BCUT2D eigenvalue weighted by atomic mass is 32.1. The zero-order valence-electron chi connectivity index (χ0n) is 12.2. The van der Waals surface area contributed by atoms with Crippen LogP contribution in [0.3, 0.4) is 0 Å². The number of thiazole rings is 1. The van der Waals surface area contributed by atoms with E-state index in [4.69, 9.17) is 5.26 Å². The smallest absolute Gasteiger partial charge is 0.269 e. The minimum Gasteiger partial charge on any atom is -0.507 e. The Hall–Kier alpha value is -3.44. The van der Waals surface area contributed by atoms with E-state index in [1.807, 2.05) is 0 Å². The first kappa shape index (κ1) is 15.5. The Morgan fingerprint density at radius 2 is 1.92 bits per heavy atom. The molecule has 2 aromatic carbocycles. The van der Waals surface area contributed by atoms with Gasteiger partial charge in [0.25, 0.3) is 5.69 Å². The van der Waals surface area contributed by atoms with Crippen molar-refractivity contribution in [1.82, 2.24) is 4.57 Å². The van der Waals surface area contributed by atoms with Crippen molar-refractivity contribution in [3.63, 3.8) is 0 Å². The van der Waals surface area contributed by atoms with Gasteiger partial charge >= 0.3 is 0 Å². The van der Waals surface area contributed by atoms with Crippen LogP contribution in [0.15, 0.2) is 58.9 Å². The number of aromatic nitrogens is 1. The Morgan fingerprint density at radius 1 is 1.21 bits per heavy atom. The van der Waals surface area contributed by atoms with Gasteiger partial charge in [-0.1, -0.05) is 12.1 Å². The van der Waals surface area contributed by atoms with Gasteiger partial charge in [-0.3, -0.25) is 14.7 Å². The number of non-ortho nitro benzene ring substituents is 1. The van der Waals surface area contributed by atoms with E-state index in [-0.39, 0.29) is 11.4 Å². The number of para-hydroxylation sites is 1. The number of aromatic hydroxyl groups is 1. The number of nitrogens with zero attached hydrogens (tertiary/aromatic N) is 4. The lowest BCUT2D eigenvalue weighted by molar-refractivity contribution is -0.384. The summed E-state index contributed by atoms with van der Waals surface area (Å²) in [4.78, 5) is 14.5. The van der Waals surface area contributed by atoms with Gasteiger partial charge < -0.3 is 5.11 Å². The van der Waals surface area contributed by atoms with Crippen LogP contribution in [0.2, 0.25) is 0 Å². The number of nitro groups is 1. The van der Waals surface area contributed by atoms with Crippen molar-refractivity contribution in [3.05, 3.63) is 68.8 Å². The van der Waals surface area contributed by atoms with Crippen LogP contribution in [-0.2, 0) is 0 Å². The Kier molecular flexibility index (Phi) is 4.09. The zero-order valence-corrected chi connectivity index (χ0v) is 13.0. The van der Waals surface area contributed by atoms with Gasteiger partial charge in [0.15, 0.2) is 0 Å². The molecule has 0 bridgehead atoms. The summed E-state index contributed by atoms with van der Waals surface area (Å²) in [7, 11) is 0. The third kappa shape index (κ3) is 2.76. The molecule has 1 N–H and O–H groups in total. The molecule has 0 fully saturated rings. The Morgan fingerprint density at radius 3 is 2.54 bits per heavy atom. The fraction of sp³-hybridized carbons (Fsp3) is 0. The van der Waals surface area contributed by atoms with E-state index < -0.39 is 4.92 Å². The van der Waals surface area contributed by atoms with Crippen molar-refractivity contribution in [2.45, 2.75) is 0 Å². The molecular formula is C16H10N4O3S. The van der Waals surface area contributed by atoms with Crippen molar-refractivity contribution in [3.8, 4) is 28.9 Å². The molecule has 3 aromatic rings. The van der Waals surface area contributed by atoms with Gasteiger partial charge in [-0.05, 0) is 24.3 Å². The lowest BCUT2D eigenvalue weighted by Crippen LogP contribution is -2.13. The number of hydrogen-bond acceptors (Lipinski definition) is 6. The van der Waals surface area contributed by atoms with Gasteiger partial charge in [0.1, 0.15) is 5.75 Å². The summed E-state index contributed by atoms with van der Waals surface area (Å²) in [5.74, 6) is 0.0921. The maximum Gasteiger partial charge on any atom is 0.269 e. The second-order valence-corrected chi connectivity index (χ2v) is 5.58. The van der Waals surface area contributed by atoms with E-state index in [2.05, 4.69) is 4.99 Å². The number of nitro benzene ring substituents is 1. The Labute approximate surface area is 140 Å². The van der Waals surface area contributed by atoms with E-state index in [1.54, 1.807) is 52.5 Å². The molecule has 0 atom stereocenters. The highest BCUT2D eigenvalue weighted by Gasteiger charge is 2.14. The monoisotopic (exact) mass is 338 g/mol. The molecule has 0 unspecified atom stereocenters. The van der Waals surface area contributed by atoms with Crippen molar-refractivity contribution < 1.29 is 10.0 Å². The molecule has 0 aliphatic carbocycles. The average Bonchev–Trinajstić information content (AvgIpc) is 2.99. The van der Waals surface area contributed by atoms with Crippen molar-refractivity contribution in [1.29, 1.82) is 5.26 Å². The highest BCUT2D eigenvalue weighted by molar-refractivity contribution is 7.07. The largest absolute Gasteiger partial charge is 0.507 e. The van der Waals surface area contributed by atoms with Crippen LogP contribution in [-0.4, -0.2) is 14.6 Å². The number of nitriles is 1. The van der Waals surface area contributed by atoms with E-state index in [1.165, 1.54) is 23.5 Å². The van der Waals surface area contributed by atoms with Gasteiger partial charge in [0.2, 0.25) is 11.0 Å². The minimum absolute atomic E-state index is 0.0301. The first-order chi connectivity index (χ1) is 11.6. The summed E-state index contributed by atoms with van der Waals surface area (Å²) in [5.41, 5.74) is 1.79. The van der Waals surface area contributed by atoms with Crippen LogP contribution in [0.4, 0.5) is 5.69 Å². The molecule has 0 aliphatic rings. The second kappa shape index (κ2) is 6.36. The molecule has 1 aromatic heterocycles. The quantitative estimate of drug-likeness (QED) is 0.450. The predicted octanol–water partition coefficient (Wildman–Crippen LogP) is 3.20. The van der Waals surface area contributed by atoms with E-state index in [9.17, 15) is 15.2 Å². The molecule has 0 spiro atoms. The van der Waals surface area contributed by atoms with Crippen LogP contribution in [0, 0.1) is 21.6 Å². The van der Waals surface area contributed by atoms with Crippen LogP contribution in [0.5, 0.6) is 5.75 Å². The lowest BCUT2D eigenvalue weighted by Gasteiger charge is -2.10. The van der Waals surface area contributed by atoms with Gasteiger partial charge in [0, 0.05) is 28.8 Å². The number of phenols is 1. The minimum atomic E-state index is -0.480. The Balaban J connectivity index is 2.24. The molecule has 7 nitrogen and oxygen atoms in total. The van der Waals surface area contributed by atoms with E-state index in [0.29, 0.717) is 21.7 Å². The maximum absolute atomic E-state index is 10.8. The summed E-state index contributed by atoms with van der Waals surface area (Å²) in [6.45, 7) is 0. The van der Waals surface area contributed by atoms with Crippen LogP contribution in [0.1, 0.15) is 0 Å². The first-order valence-corrected chi connectivity index (χ1v) is 7.66. The number of rotatable bonds is 3. The fourth-order valence-corrected chi connectivity index (χ4v) is 3.14. The number of hydrogen-bond donors (Lipinski definition) is 1.